The van der Waals surface area contributed by atoms with Crippen LogP contribution in [0, 0.1) is 0 Å². The summed E-state index contributed by atoms with van der Waals surface area (Å²) in [7, 11) is 1.65. The van der Waals surface area contributed by atoms with Crippen LogP contribution in [-0.4, -0.2) is 9.55 Å². The number of aromatic nitrogens is 2. The van der Waals surface area contributed by atoms with Crippen molar-refractivity contribution in [2.75, 3.05) is 5.32 Å². The van der Waals surface area contributed by atoms with E-state index in [1.54, 1.807) is 13.2 Å². The smallest absolute Gasteiger partial charge is 0.349 e. The third kappa shape index (κ3) is 2.90. The first-order valence-corrected chi connectivity index (χ1v) is 7.67. The minimum Gasteiger partial charge on any atom is -0.450 e. The van der Waals surface area contributed by atoms with Crippen molar-refractivity contribution in [2.24, 2.45) is 7.05 Å². The molecule has 3 aromatic rings. The minimum atomic E-state index is -0.316. The average Bonchev–Trinajstić information content (AvgIpc) is 2.53. The van der Waals surface area contributed by atoms with Crippen LogP contribution in [0.5, 0.6) is 11.5 Å². The number of nitrogens with zero attached hydrogens (tertiary/aromatic N) is 2. The van der Waals surface area contributed by atoms with Crippen LogP contribution in [0.15, 0.2) is 47.4 Å². The van der Waals surface area contributed by atoms with Gasteiger partial charge in [-0.2, -0.15) is 4.98 Å². The molecule has 0 amide bonds. The van der Waals surface area contributed by atoms with Gasteiger partial charge < -0.3 is 10.1 Å². The summed E-state index contributed by atoms with van der Waals surface area (Å²) in [6.45, 7) is 4.25. The van der Waals surface area contributed by atoms with E-state index < -0.39 is 0 Å². The van der Waals surface area contributed by atoms with E-state index in [4.69, 9.17) is 4.74 Å². The lowest BCUT2D eigenvalue weighted by Gasteiger charge is -2.21. The molecule has 0 atom stereocenters. The van der Waals surface area contributed by atoms with Gasteiger partial charge in [0.2, 0.25) is 0 Å². The quantitative estimate of drug-likeness (QED) is 0.529. The molecule has 1 aromatic heterocycles. The standard InChI is InChI=1S/C15H11N3O2.C3H8/c1-18-8-13-14(17-15(18)19)16-11-6-9-4-2-3-5-10(9)7-12(11)20-13;1-3-2/h2-8H,1H3,(H,16,17,19);3H2,1-2H3. The lowest BCUT2D eigenvalue weighted by atomic mass is 10.1. The highest BCUT2D eigenvalue weighted by atomic mass is 16.5. The van der Waals surface area contributed by atoms with E-state index in [9.17, 15) is 4.79 Å². The van der Waals surface area contributed by atoms with Crippen molar-refractivity contribution in [3.63, 3.8) is 0 Å². The van der Waals surface area contributed by atoms with Gasteiger partial charge in [0.15, 0.2) is 17.3 Å². The molecule has 0 saturated carbocycles. The van der Waals surface area contributed by atoms with Crippen molar-refractivity contribution in [3.05, 3.63) is 53.1 Å². The normalized spacial score (nSPS) is 11.4. The zero-order valence-corrected chi connectivity index (χ0v) is 13.5. The van der Waals surface area contributed by atoms with Crippen molar-refractivity contribution in [2.45, 2.75) is 20.3 Å². The molecular formula is C18H19N3O2. The van der Waals surface area contributed by atoms with E-state index in [0.717, 1.165) is 22.2 Å². The number of hydrogen-bond acceptors (Lipinski definition) is 4. The molecule has 5 heteroatoms. The average molecular weight is 309 g/mol. The summed E-state index contributed by atoms with van der Waals surface area (Å²) in [4.78, 5) is 15.5. The van der Waals surface area contributed by atoms with Gasteiger partial charge in [-0.1, -0.05) is 44.5 Å². The number of nitrogens with one attached hydrogen (secondary N) is 1. The highest BCUT2D eigenvalue weighted by molar-refractivity contribution is 5.90. The Morgan fingerprint density at radius 2 is 1.78 bits per heavy atom. The predicted octanol–water partition coefficient (Wildman–Crippen LogP) is 4.20. The van der Waals surface area contributed by atoms with Gasteiger partial charge in [-0.15, -0.1) is 0 Å². The van der Waals surface area contributed by atoms with Crippen LogP contribution in [0.1, 0.15) is 20.3 Å². The Balaban J connectivity index is 0.000000485. The summed E-state index contributed by atoms with van der Waals surface area (Å²) in [5.41, 5.74) is 0.501. The van der Waals surface area contributed by atoms with Crippen LogP contribution in [0.25, 0.3) is 10.8 Å². The molecule has 5 nitrogen and oxygen atoms in total. The first-order valence-electron chi connectivity index (χ1n) is 7.67. The van der Waals surface area contributed by atoms with Crippen LogP contribution >= 0.6 is 0 Å². The van der Waals surface area contributed by atoms with Gasteiger partial charge >= 0.3 is 5.69 Å². The second-order valence-corrected chi connectivity index (χ2v) is 5.48. The first kappa shape index (κ1) is 15.1. The Bertz CT molecular complexity index is 916. The number of fused-ring (bicyclic) bond motifs is 3. The number of aryl methyl sites for hydroxylation is 1. The van der Waals surface area contributed by atoms with Crippen molar-refractivity contribution in [3.8, 4) is 11.5 Å². The number of hydrogen-bond donors (Lipinski definition) is 1. The molecule has 0 aliphatic carbocycles. The lowest BCUT2D eigenvalue weighted by molar-refractivity contribution is 0.470. The van der Waals surface area contributed by atoms with Crippen molar-refractivity contribution < 1.29 is 4.74 Å². The van der Waals surface area contributed by atoms with Crippen LogP contribution in [0.4, 0.5) is 11.5 Å². The highest BCUT2D eigenvalue weighted by Gasteiger charge is 2.19. The molecule has 0 bridgehead atoms. The number of rotatable bonds is 0. The molecule has 1 aliphatic rings. The van der Waals surface area contributed by atoms with E-state index in [1.807, 2.05) is 36.4 Å². The highest BCUT2D eigenvalue weighted by Crippen LogP contribution is 2.41. The van der Waals surface area contributed by atoms with E-state index in [2.05, 4.69) is 24.1 Å². The van der Waals surface area contributed by atoms with Crippen molar-refractivity contribution in [1.29, 1.82) is 0 Å². The molecule has 4 rings (SSSR count). The number of benzene rings is 2. The molecule has 0 fully saturated rings. The van der Waals surface area contributed by atoms with E-state index in [0.29, 0.717) is 11.6 Å². The Kier molecular flexibility index (Phi) is 4.02. The fourth-order valence-corrected chi connectivity index (χ4v) is 2.33. The van der Waals surface area contributed by atoms with Gasteiger partial charge in [-0.25, -0.2) is 4.79 Å². The summed E-state index contributed by atoms with van der Waals surface area (Å²) in [5.74, 6) is 1.74. The van der Waals surface area contributed by atoms with E-state index in [-0.39, 0.29) is 5.69 Å². The zero-order chi connectivity index (χ0) is 16.4. The number of anilines is 2. The number of ether oxygens (including phenoxy) is 1. The largest absolute Gasteiger partial charge is 0.450 e. The molecule has 0 radical (unpaired) electrons. The maximum absolute atomic E-state index is 11.6. The molecule has 23 heavy (non-hydrogen) atoms. The fourth-order valence-electron chi connectivity index (χ4n) is 2.33. The molecule has 0 unspecified atom stereocenters. The lowest BCUT2D eigenvalue weighted by Crippen LogP contribution is -2.22. The summed E-state index contributed by atoms with van der Waals surface area (Å²) in [5, 5.41) is 5.36. The van der Waals surface area contributed by atoms with Crippen molar-refractivity contribution >= 4 is 22.3 Å². The Morgan fingerprint density at radius 1 is 1.13 bits per heavy atom. The topological polar surface area (TPSA) is 56.2 Å². The summed E-state index contributed by atoms with van der Waals surface area (Å²) in [6.07, 6.45) is 2.88. The molecule has 1 aliphatic heterocycles. The third-order valence-electron chi connectivity index (χ3n) is 3.37. The van der Waals surface area contributed by atoms with Gasteiger partial charge in [0.25, 0.3) is 0 Å². The first-order chi connectivity index (χ1) is 11.1. The molecular weight excluding hydrogens is 290 g/mol. The van der Waals surface area contributed by atoms with Crippen LogP contribution < -0.4 is 15.7 Å². The monoisotopic (exact) mass is 309 g/mol. The molecule has 2 aromatic carbocycles. The van der Waals surface area contributed by atoms with Crippen LogP contribution in [-0.2, 0) is 7.05 Å². The second-order valence-electron chi connectivity index (χ2n) is 5.48. The maximum atomic E-state index is 11.6. The van der Waals surface area contributed by atoms with Gasteiger partial charge in [0, 0.05) is 7.05 Å². The Labute approximate surface area is 134 Å². The van der Waals surface area contributed by atoms with Gasteiger partial charge in [-0.3, -0.25) is 4.57 Å². The summed E-state index contributed by atoms with van der Waals surface area (Å²) < 4.78 is 7.23. The maximum Gasteiger partial charge on any atom is 0.349 e. The molecule has 0 spiro atoms. The van der Waals surface area contributed by atoms with Gasteiger partial charge in [0.05, 0.1) is 11.9 Å². The summed E-state index contributed by atoms with van der Waals surface area (Å²) in [6, 6.07) is 12.0. The van der Waals surface area contributed by atoms with Gasteiger partial charge in [0.1, 0.15) is 0 Å². The van der Waals surface area contributed by atoms with E-state index in [1.165, 1.54) is 11.0 Å². The zero-order valence-electron chi connectivity index (χ0n) is 13.5. The van der Waals surface area contributed by atoms with Crippen molar-refractivity contribution in [1.82, 2.24) is 9.55 Å². The summed E-state index contributed by atoms with van der Waals surface area (Å²) >= 11 is 0. The minimum absolute atomic E-state index is 0.316. The van der Waals surface area contributed by atoms with Crippen LogP contribution in [0.2, 0.25) is 0 Å². The third-order valence-corrected chi connectivity index (χ3v) is 3.37. The molecule has 1 N–H and O–H groups in total. The Hall–Kier alpha value is -2.82. The Morgan fingerprint density at radius 3 is 2.48 bits per heavy atom. The van der Waals surface area contributed by atoms with Crippen LogP contribution in [0.3, 0.4) is 0 Å². The molecule has 2 heterocycles. The van der Waals surface area contributed by atoms with Gasteiger partial charge in [-0.05, 0) is 22.9 Å². The van der Waals surface area contributed by atoms with E-state index >= 15 is 0 Å². The molecule has 0 saturated heterocycles. The second kappa shape index (κ2) is 6.12. The molecule has 118 valence electrons. The fraction of sp³-hybridized carbons (Fsp3) is 0.222. The SMILES string of the molecule is CCC.Cn1cc2c(nc1=O)Nc1cc3ccccc3cc1O2. The predicted molar refractivity (Wildman–Crippen MR) is 92.7 cm³/mol.